The Kier molecular flexibility index (Phi) is 4.40. The van der Waals surface area contributed by atoms with E-state index in [1.807, 2.05) is 0 Å². The van der Waals surface area contributed by atoms with Gasteiger partial charge < -0.3 is 15.8 Å². The van der Waals surface area contributed by atoms with E-state index in [1.165, 1.54) is 11.1 Å². The van der Waals surface area contributed by atoms with E-state index in [-0.39, 0.29) is 12.0 Å². The van der Waals surface area contributed by atoms with E-state index in [0.717, 1.165) is 6.42 Å². The van der Waals surface area contributed by atoms with Crippen LogP contribution in [0.25, 0.3) is 0 Å². The summed E-state index contributed by atoms with van der Waals surface area (Å²) < 4.78 is 5.08. The Morgan fingerprint density at radius 1 is 1.25 bits per heavy atom. The molecule has 0 fully saturated rings. The van der Waals surface area contributed by atoms with Crippen molar-refractivity contribution in [3.8, 4) is 5.88 Å². The largest absolute Gasteiger partial charge is 0.481 e. The first-order valence-corrected chi connectivity index (χ1v) is 6.66. The first kappa shape index (κ1) is 14.1. The van der Waals surface area contributed by atoms with E-state index in [4.69, 9.17) is 10.5 Å². The molecule has 1 aromatic heterocycles. The van der Waals surface area contributed by atoms with Crippen LogP contribution in [0.4, 0.5) is 11.8 Å². The summed E-state index contributed by atoms with van der Waals surface area (Å²) in [4.78, 5) is 8.12. The molecule has 2 rings (SSSR count). The maximum Gasteiger partial charge on any atom is 0.225 e. The van der Waals surface area contributed by atoms with E-state index in [0.29, 0.717) is 11.7 Å². The van der Waals surface area contributed by atoms with Gasteiger partial charge in [0.1, 0.15) is 5.82 Å². The van der Waals surface area contributed by atoms with E-state index in [1.54, 1.807) is 13.2 Å². The van der Waals surface area contributed by atoms with Crippen molar-refractivity contribution < 1.29 is 4.74 Å². The third kappa shape index (κ3) is 3.38. The van der Waals surface area contributed by atoms with E-state index in [9.17, 15) is 0 Å². The Labute approximate surface area is 119 Å². The highest BCUT2D eigenvalue weighted by molar-refractivity contribution is 5.45. The second-order valence-electron chi connectivity index (χ2n) is 4.61. The molecule has 0 saturated carbocycles. The minimum Gasteiger partial charge on any atom is -0.481 e. The Bertz CT molecular complexity index is 569. The summed E-state index contributed by atoms with van der Waals surface area (Å²) in [6, 6.07) is 10.4. The van der Waals surface area contributed by atoms with Gasteiger partial charge in [-0.3, -0.25) is 0 Å². The van der Waals surface area contributed by atoms with Gasteiger partial charge in [0.15, 0.2) is 0 Å². The van der Waals surface area contributed by atoms with Crippen molar-refractivity contribution in [2.75, 3.05) is 18.2 Å². The fourth-order valence-corrected chi connectivity index (χ4v) is 1.97. The smallest absolute Gasteiger partial charge is 0.225 e. The summed E-state index contributed by atoms with van der Waals surface area (Å²) in [6.45, 7) is 4.22. The average Bonchev–Trinajstić information content (AvgIpc) is 2.46. The lowest BCUT2D eigenvalue weighted by molar-refractivity contribution is 0.398. The minimum atomic E-state index is 0.125. The molecule has 0 aliphatic carbocycles. The number of ether oxygens (including phenoxy) is 1. The van der Waals surface area contributed by atoms with Crippen molar-refractivity contribution in [2.45, 2.75) is 26.3 Å². The van der Waals surface area contributed by atoms with Gasteiger partial charge in [0.2, 0.25) is 11.8 Å². The molecule has 3 N–H and O–H groups in total. The second kappa shape index (κ2) is 6.23. The van der Waals surface area contributed by atoms with Crippen LogP contribution in [-0.4, -0.2) is 17.1 Å². The zero-order valence-electron chi connectivity index (χ0n) is 12.1. The molecule has 1 atom stereocenters. The van der Waals surface area contributed by atoms with Crippen molar-refractivity contribution in [1.29, 1.82) is 0 Å². The van der Waals surface area contributed by atoms with Crippen LogP contribution in [-0.2, 0) is 6.42 Å². The van der Waals surface area contributed by atoms with Crippen LogP contribution in [0.1, 0.15) is 31.0 Å². The van der Waals surface area contributed by atoms with Gasteiger partial charge in [0.25, 0.3) is 0 Å². The summed E-state index contributed by atoms with van der Waals surface area (Å²) in [7, 11) is 1.55. The van der Waals surface area contributed by atoms with Crippen LogP contribution in [0.15, 0.2) is 30.3 Å². The average molecular weight is 272 g/mol. The number of benzene rings is 1. The Morgan fingerprint density at radius 3 is 2.55 bits per heavy atom. The molecule has 5 heteroatoms. The summed E-state index contributed by atoms with van der Waals surface area (Å²) in [5.41, 5.74) is 8.17. The highest BCUT2D eigenvalue weighted by Crippen LogP contribution is 2.21. The number of anilines is 2. The molecule has 0 aliphatic heterocycles. The fraction of sp³-hybridized carbons (Fsp3) is 0.333. The fourth-order valence-electron chi connectivity index (χ4n) is 1.97. The number of hydrogen-bond donors (Lipinski definition) is 2. The molecule has 0 radical (unpaired) electrons. The number of nitrogens with two attached hydrogens (primary N) is 1. The van der Waals surface area contributed by atoms with Gasteiger partial charge in [0, 0.05) is 12.1 Å². The van der Waals surface area contributed by atoms with Gasteiger partial charge in [-0.1, -0.05) is 31.2 Å². The highest BCUT2D eigenvalue weighted by Gasteiger charge is 2.08. The number of hydrogen-bond acceptors (Lipinski definition) is 5. The van der Waals surface area contributed by atoms with Crippen molar-refractivity contribution in [3.05, 3.63) is 41.5 Å². The first-order valence-electron chi connectivity index (χ1n) is 6.66. The van der Waals surface area contributed by atoms with Gasteiger partial charge in [0.05, 0.1) is 7.11 Å². The van der Waals surface area contributed by atoms with E-state index < -0.39 is 0 Å². The van der Waals surface area contributed by atoms with Crippen LogP contribution in [0.5, 0.6) is 5.88 Å². The van der Waals surface area contributed by atoms with E-state index in [2.05, 4.69) is 53.4 Å². The molecule has 1 aromatic carbocycles. The summed E-state index contributed by atoms with van der Waals surface area (Å²) in [6.07, 6.45) is 1.04. The molecular weight excluding hydrogens is 252 g/mol. The second-order valence-corrected chi connectivity index (χ2v) is 4.61. The maximum atomic E-state index is 5.65. The summed E-state index contributed by atoms with van der Waals surface area (Å²) in [5.74, 6) is 1.30. The van der Waals surface area contributed by atoms with Crippen molar-refractivity contribution in [2.24, 2.45) is 0 Å². The predicted molar refractivity (Wildman–Crippen MR) is 80.9 cm³/mol. The lowest BCUT2D eigenvalue weighted by Crippen LogP contribution is -2.10. The molecular formula is C15H20N4O. The lowest BCUT2D eigenvalue weighted by atomic mass is 10.1. The Hall–Kier alpha value is -2.30. The van der Waals surface area contributed by atoms with Crippen molar-refractivity contribution in [1.82, 2.24) is 9.97 Å². The Morgan fingerprint density at radius 2 is 1.95 bits per heavy atom. The molecule has 0 saturated heterocycles. The summed E-state index contributed by atoms with van der Waals surface area (Å²) >= 11 is 0. The number of methoxy groups -OCH3 is 1. The highest BCUT2D eigenvalue weighted by atomic mass is 16.5. The third-order valence-electron chi connectivity index (χ3n) is 3.18. The molecule has 2 aromatic rings. The predicted octanol–water partition coefficient (Wildman–Crippen LogP) is 2.80. The molecule has 5 nitrogen and oxygen atoms in total. The van der Waals surface area contributed by atoms with Gasteiger partial charge in [-0.25, -0.2) is 0 Å². The molecule has 20 heavy (non-hydrogen) atoms. The molecule has 0 aliphatic rings. The zero-order valence-corrected chi connectivity index (χ0v) is 12.1. The maximum absolute atomic E-state index is 5.65. The molecule has 106 valence electrons. The van der Waals surface area contributed by atoms with Crippen LogP contribution in [0.3, 0.4) is 0 Å². The number of nitrogens with one attached hydrogen (secondary N) is 1. The van der Waals surface area contributed by atoms with Gasteiger partial charge in [-0.2, -0.15) is 9.97 Å². The number of aromatic nitrogens is 2. The van der Waals surface area contributed by atoms with Crippen molar-refractivity contribution in [3.63, 3.8) is 0 Å². The molecule has 1 heterocycles. The van der Waals surface area contributed by atoms with Crippen LogP contribution < -0.4 is 15.8 Å². The van der Waals surface area contributed by atoms with Gasteiger partial charge in [-0.15, -0.1) is 0 Å². The first-order chi connectivity index (χ1) is 9.62. The van der Waals surface area contributed by atoms with Gasteiger partial charge in [-0.05, 0) is 24.5 Å². The Balaban J connectivity index is 2.13. The summed E-state index contributed by atoms with van der Waals surface area (Å²) in [5, 5.41) is 3.30. The van der Waals surface area contributed by atoms with Crippen LogP contribution >= 0.6 is 0 Å². The zero-order chi connectivity index (χ0) is 14.5. The monoisotopic (exact) mass is 272 g/mol. The van der Waals surface area contributed by atoms with Crippen LogP contribution in [0.2, 0.25) is 0 Å². The van der Waals surface area contributed by atoms with Crippen LogP contribution in [0, 0.1) is 0 Å². The lowest BCUT2D eigenvalue weighted by Gasteiger charge is -2.16. The van der Waals surface area contributed by atoms with E-state index >= 15 is 0 Å². The molecule has 1 unspecified atom stereocenters. The molecule has 0 bridgehead atoms. The SMILES string of the molecule is CCc1ccc(C(C)Nc2cc(OC)nc(N)n2)cc1. The topological polar surface area (TPSA) is 73.1 Å². The standard InChI is InChI=1S/C15H20N4O/c1-4-11-5-7-12(8-6-11)10(2)17-13-9-14(20-3)19-15(16)18-13/h5-10H,4H2,1-3H3,(H3,16,17,18,19). The minimum absolute atomic E-state index is 0.125. The quantitative estimate of drug-likeness (QED) is 0.875. The third-order valence-corrected chi connectivity index (χ3v) is 3.18. The van der Waals surface area contributed by atoms with Gasteiger partial charge >= 0.3 is 0 Å². The molecule has 0 amide bonds. The number of nitrogen functional groups attached to an aromatic ring is 1. The number of aryl methyl sites for hydroxylation is 1. The normalized spacial score (nSPS) is 11.9. The number of nitrogens with zero attached hydrogens (tertiary/aromatic N) is 2. The van der Waals surface area contributed by atoms with Crippen molar-refractivity contribution >= 4 is 11.8 Å². The number of rotatable bonds is 5. The molecule has 0 spiro atoms.